The normalized spacial score (nSPS) is 41.8. The van der Waals surface area contributed by atoms with Crippen LogP contribution in [0, 0.1) is 23.7 Å². The van der Waals surface area contributed by atoms with Gasteiger partial charge in [0.25, 0.3) is 0 Å². The van der Waals surface area contributed by atoms with E-state index in [9.17, 15) is 33.5 Å². The molecule has 13 atom stereocenters. The summed E-state index contributed by atoms with van der Waals surface area (Å²) in [6, 6.07) is -1.18. The van der Waals surface area contributed by atoms with Gasteiger partial charge in [0, 0.05) is 30.7 Å². The van der Waals surface area contributed by atoms with E-state index >= 15 is 0 Å². The minimum absolute atomic E-state index is 0.0677. The summed E-state index contributed by atoms with van der Waals surface area (Å²) in [6.45, 7) is 14.3. The topological polar surface area (TPSA) is 167 Å². The number of nitrogens with zero attached hydrogens (tertiary/aromatic N) is 1. The Morgan fingerprint density at radius 1 is 1.04 bits per heavy atom. The van der Waals surface area contributed by atoms with E-state index in [-0.39, 0.29) is 30.8 Å². The fraction of sp³-hybridized carbons (Fsp3) is 0.848. The second-order valence-electron chi connectivity index (χ2n) is 13.8. The number of alkyl halides is 1. The lowest BCUT2D eigenvalue weighted by Crippen LogP contribution is -2.60. The Kier molecular flexibility index (Phi) is 13.9. The first-order valence-corrected chi connectivity index (χ1v) is 16.3. The van der Waals surface area contributed by atoms with E-state index in [1.54, 1.807) is 41.5 Å². The number of hydrogen-bond donors (Lipinski definition) is 2. The lowest BCUT2D eigenvalue weighted by molar-refractivity contribution is -0.294. The van der Waals surface area contributed by atoms with Crippen LogP contribution in [0.2, 0.25) is 0 Å². The smallest absolute Gasteiger partial charge is 0.408 e. The number of rotatable bonds is 5. The highest BCUT2D eigenvalue weighted by molar-refractivity contribution is 6.00. The van der Waals surface area contributed by atoms with Crippen molar-refractivity contribution in [3.05, 3.63) is 0 Å². The van der Waals surface area contributed by atoms with E-state index in [4.69, 9.17) is 23.7 Å². The number of Topliss-reactive ketones (excluding diaryl/α,β-unsaturated/α-hetero) is 2. The number of alkyl carbamates (subject to hydrolysis) is 1. The molecule has 0 bridgehead atoms. The number of esters is 2. The summed E-state index contributed by atoms with van der Waals surface area (Å²) in [5, 5.41) is 14.0. The molecule has 0 aliphatic carbocycles. The molecule has 0 radical (unpaired) electrons. The van der Waals surface area contributed by atoms with E-state index in [0.29, 0.717) is 13.6 Å². The highest BCUT2D eigenvalue weighted by Gasteiger charge is 2.57. The molecule has 0 spiro atoms. The molecule has 3 rings (SSSR count). The van der Waals surface area contributed by atoms with Gasteiger partial charge in [-0.15, -0.1) is 0 Å². The number of halogens is 1. The Hall–Kier alpha value is -2.68. The summed E-state index contributed by atoms with van der Waals surface area (Å²) in [7, 11) is 4.15. The van der Waals surface area contributed by atoms with Crippen LogP contribution in [0.25, 0.3) is 0 Å². The number of likely N-dealkylation sites (N-methyl/N-ethyl adjacent to an activating group) is 1. The molecule has 13 nitrogen and oxygen atoms in total. The molecule has 3 fully saturated rings. The first-order valence-electron chi connectivity index (χ1n) is 16.3. The Labute approximate surface area is 277 Å². The third-order valence-electron chi connectivity index (χ3n) is 9.84. The first kappa shape index (κ1) is 40.5. The lowest BCUT2D eigenvalue weighted by atomic mass is 9.73. The number of ether oxygens (including phenoxy) is 5. The number of carbonyl (C=O) groups excluding carboxylic acids is 5. The number of ketones is 2. The van der Waals surface area contributed by atoms with Gasteiger partial charge >= 0.3 is 18.0 Å². The Morgan fingerprint density at radius 3 is 2.17 bits per heavy atom. The van der Waals surface area contributed by atoms with Crippen LogP contribution in [-0.4, -0.2) is 115 Å². The monoisotopic (exact) mass is 674 g/mol. The van der Waals surface area contributed by atoms with Crippen LogP contribution in [0.5, 0.6) is 0 Å². The molecular formula is C33H55FN2O11. The number of nitrogens with one attached hydrogen (secondary N) is 1. The van der Waals surface area contributed by atoms with Gasteiger partial charge in [-0.2, -0.15) is 0 Å². The summed E-state index contributed by atoms with van der Waals surface area (Å²) in [6.07, 6.45) is -4.88. The maximum atomic E-state index is 14.0. The van der Waals surface area contributed by atoms with Crippen molar-refractivity contribution in [3.63, 3.8) is 0 Å². The molecule has 0 aromatic heterocycles. The molecular weight excluding hydrogens is 619 g/mol. The van der Waals surface area contributed by atoms with Crippen LogP contribution in [0.1, 0.15) is 81.6 Å². The summed E-state index contributed by atoms with van der Waals surface area (Å²) < 4.78 is 39.4. The van der Waals surface area contributed by atoms with Crippen molar-refractivity contribution in [3.8, 4) is 0 Å². The van der Waals surface area contributed by atoms with E-state index in [2.05, 4.69) is 5.32 Å². The minimum Gasteiger partial charge on any atom is -0.458 e. The zero-order valence-corrected chi connectivity index (χ0v) is 29.8. The Morgan fingerprint density at radius 2 is 1.64 bits per heavy atom. The Bertz CT molecular complexity index is 1150. The van der Waals surface area contributed by atoms with Crippen LogP contribution in [0.4, 0.5) is 9.18 Å². The van der Waals surface area contributed by atoms with E-state index < -0.39 is 89.3 Å². The van der Waals surface area contributed by atoms with E-state index in [0.717, 1.165) is 0 Å². The Balaban J connectivity index is 0.00000376. The van der Waals surface area contributed by atoms with Gasteiger partial charge in [0.15, 0.2) is 17.7 Å². The number of aliphatic hydroxyl groups excluding tert-OH is 1. The predicted octanol–water partition coefficient (Wildman–Crippen LogP) is 2.98. The summed E-state index contributed by atoms with van der Waals surface area (Å²) in [4.78, 5) is 68.5. The van der Waals surface area contributed by atoms with Gasteiger partial charge in [-0.3, -0.25) is 23.6 Å². The molecule has 3 aliphatic heterocycles. The highest BCUT2D eigenvalue weighted by Crippen LogP contribution is 2.40. The molecule has 1 amide bonds. The average molecular weight is 675 g/mol. The fourth-order valence-electron chi connectivity index (χ4n) is 7.41. The number of aliphatic hydroxyl groups is 1. The second kappa shape index (κ2) is 16.1. The molecule has 2 N–H and O–H groups in total. The van der Waals surface area contributed by atoms with Crippen LogP contribution >= 0.6 is 0 Å². The van der Waals surface area contributed by atoms with Gasteiger partial charge in [-0.1, -0.05) is 27.7 Å². The number of fused-ring (bicyclic) bond motifs is 1. The van der Waals surface area contributed by atoms with Crippen molar-refractivity contribution < 1.29 is 57.2 Å². The molecule has 47 heavy (non-hydrogen) atoms. The minimum atomic E-state index is -1.59. The highest BCUT2D eigenvalue weighted by atomic mass is 19.1. The zero-order valence-electron chi connectivity index (χ0n) is 29.8. The average Bonchev–Trinajstić information content (AvgIpc) is 3.31. The van der Waals surface area contributed by atoms with Crippen molar-refractivity contribution in [2.45, 2.75) is 136 Å². The molecule has 3 heterocycles. The van der Waals surface area contributed by atoms with Crippen molar-refractivity contribution >= 4 is 29.6 Å². The van der Waals surface area contributed by atoms with Gasteiger partial charge in [-0.05, 0) is 61.1 Å². The summed E-state index contributed by atoms with van der Waals surface area (Å²) in [5.74, 6) is -6.26. The number of amides is 1. The van der Waals surface area contributed by atoms with Gasteiger partial charge in [0.2, 0.25) is 0 Å². The SMILES string of the molecule is CC[C@H]1OC(=O)[C@H](C)C(=O)[C@H](C)[C@@H](O[C@@H]2O[C@H](C)C[C@H](N(C)C)[C@H]2O)[C@](C)(OC(C)=O)C[C@@H](C)C(=O)[C@H](C)[C@H]2NC(=O)O[C@@]21C.CF. The van der Waals surface area contributed by atoms with Gasteiger partial charge in [-0.25, -0.2) is 4.79 Å². The molecule has 0 aromatic rings. The number of cyclic esters (lactones) is 1. The lowest BCUT2D eigenvalue weighted by Gasteiger charge is -2.47. The van der Waals surface area contributed by atoms with Crippen molar-refractivity contribution in [2.24, 2.45) is 23.7 Å². The number of hydrogen-bond acceptors (Lipinski definition) is 12. The van der Waals surface area contributed by atoms with Crippen LogP contribution in [0.3, 0.4) is 0 Å². The maximum absolute atomic E-state index is 14.0. The van der Waals surface area contributed by atoms with Gasteiger partial charge in [0.1, 0.15) is 35.6 Å². The third-order valence-corrected chi connectivity index (χ3v) is 9.84. The quantitative estimate of drug-likeness (QED) is 0.249. The predicted molar refractivity (Wildman–Crippen MR) is 168 cm³/mol. The molecule has 3 aliphatic rings. The second-order valence-corrected chi connectivity index (χ2v) is 13.8. The molecule has 0 saturated carbocycles. The van der Waals surface area contributed by atoms with Crippen molar-refractivity contribution in [1.29, 1.82) is 0 Å². The zero-order chi connectivity index (χ0) is 36.2. The van der Waals surface area contributed by atoms with Crippen LogP contribution < -0.4 is 5.32 Å². The largest absolute Gasteiger partial charge is 0.458 e. The molecule has 14 heteroatoms. The molecule has 0 unspecified atom stereocenters. The van der Waals surface area contributed by atoms with Crippen LogP contribution in [-0.2, 0) is 42.9 Å². The molecule has 0 aromatic carbocycles. The first-order chi connectivity index (χ1) is 21.8. The molecule has 3 saturated heterocycles. The van der Waals surface area contributed by atoms with Gasteiger partial charge < -0.3 is 39.0 Å². The third kappa shape index (κ3) is 8.68. The van der Waals surface area contributed by atoms with Crippen molar-refractivity contribution in [1.82, 2.24) is 10.2 Å². The maximum Gasteiger partial charge on any atom is 0.408 e. The van der Waals surface area contributed by atoms with E-state index in [1.807, 2.05) is 25.9 Å². The fourth-order valence-corrected chi connectivity index (χ4v) is 7.41. The van der Waals surface area contributed by atoms with Gasteiger partial charge in [0.05, 0.1) is 19.3 Å². The number of carbonyl (C=O) groups is 5. The summed E-state index contributed by atoms with van der Waals surface area (Å²) in [5.41, 5.74) is -2.99. The van der Waals surface area contributed by atoms with Crippen molar-refractivity contribution in [2.75, 3.05) is 21.3 Å². The van der Waals surface area contributed by atoms with Crippen LogP contribution in [0.15, 0.2) is 0 Å². The molecule has 270 valence electrons. The standard InChI is InChI=1S/C32H52N2O11.CH3F/c1-12-22-32(9)26(33-30(40)45-32)17(4)23(36)15(2)14-31(8,44-20(7)35)27(18(5)24(37)19(6)28(39)42-22)43-29-25(38)21(34(10)11)13-16(3)41-29;1-2/h15-19,21-22,25-27,29,38H,12-14H2,1-11H3,(H,33,40);1H3/t15-,16-,17+,18+,19-,21+,22-,25-,26-,27-,29+,31-,32-;/m1./s1. The van der Waals surface area contributed by atoms with E-state index in [1.165, 1.54) is 13.8 Å². The summed E-state index contributed by atoms with van der Waals surface area (Å²) >= 11 is 0.